The number of fused-ring (bicyclic) bond motifs is 1. The summed E-state index contributed by atoms with van der Waals surface area (Å²) in [5.74, 6) is 0.668. The highest BCUT2D eigenvalue weighted by molar-refractivity contribution is 9.10. The maximum absolute atomic E-state index is 6.62. The molecule has 0 aliphatic heterocycles. The van der Waals surface area contributed by atoms with Gasteiger partial charge in [0.25, 0.3) is 0 Å². The summed E-state index contributed by atoms with van der Waals surface area (Å²) in [7, 11) is 0. The van der Waals surface area contributed by atoms with E-state index in [1.54, 1.807) is 0 Å². The van der Waals surface area contributed by atoms with Gasteiger partial charge in [-0.25, -0.2) is 0 Å². The Labute approximate surface area is 115 Å². The van der Waals surface area contributed by atoms with Crippen LogP contribution in [0.2, 0.25) is 0 Å². The average Bonchev–Trinajstić information content (AvgIpc) is 2.27. The highest BCUT2D eigenvalue weighted by atomic mass is 79.9. The predicted molar refractivity (Wildman–Crippen MR) is 77.6 cm³/mol. The fraction of sp³-hybridized carbons (Fsp3) is 0.333. The maximum atomic E-state index is 6.62. The number of rotatable bonds is 2. The summed E-state index contributed by atoms with van der Waals surface area (Å²) in [6.45, 7) is 0. The molecule has 1 aliphatic carbocycles. The molecule has 0 heterocycles. The van der Waals surface area contributed by atoms with Gasteiger partial charge in [-0.3, -0.25) is 0 Å². The van der Waals surface area contributed by atoms with E-state index in [2.05, 4.69) is 52.3 Å². The lowest BCUT2D eigenvalue weighted by atomic mass is 9.79. The molecule has 1 unspecified atom stereocenters. The first-order valence-corrected chi connectivity index (χ1v) is 7.31. The molecule has 88 valence electrons. The molecule has 0 amide bonds. The van der Waals surface area contributed by atoms with Gasteiger partial charge in [-0.05, 0) is 41.2 Å². The second kappa shape index (κ2) is 4.62. The van der Waals surface area contributed by atoms with E-state index < -0.39 is 0 Å². The summed E-state index contributed by atoms with van der Waals surface area (Å²) in [6, 6.07) is 12.8. The Bertz CT molecular complexity index is 546. The molecule has 0 bridgehead atoms. The van der Waals surface area contributed by atoms with Crippen molar-refractivity contribution in [2.75, 3.05) is 0 Å². The predicted octanol–water partition coefficient (Wildman–Crippen LogP) is 5.68. The van der Waals surface area contributed by atoms with Crippen LogP contribution < -0.4 is 0 Å². The summed E-state index contributed by atoms with van der Waals surface area (Å²) in [6.07, 6.45) is 3.89. The molecule has 1 saturated carbocycles. The van der Waals surface area contributed by atoms with E-state index in [0.717, 1.165) is 4.47 Å². The van der Waals surface area contributed by atoms with Crippen LogP contribution >= 0.6 is 27.5 Å². The van der Waals surface area contributed by atoms with Crippen LogP contribution in [-0.2, 0) is 0 Å². The van der Waals surface area contributed by atoms with Crippen molar-refractivity contribution in [2.24, 2.45) is 5.92 Å². The molecule has 1 atom stereocenters. The quantitative estimate of drug-likeness (QED) is 0.626. The Balaban J connectivity index is 2.12. The molecule has 0 N–H and O–H groups in total. The van der Waals surface area contributed by atoms with E-state index in [-0.39, 0.29) is 5.38 Å². The molecular weight excluding hydrogens is 296 g/mol. The van der Waals surface area contributed by atoms with Crippen molar-refractivity contribution >= 4 is 38.3 Å². The van der Waals surface area contributed by atoms with E-state index in [0.29, 0.717) is 5.92 Å². The Morgan fingerprint density at radius 2 is 1.76 bits per heavy atom. The topological polar surface area (TPSA) is 0 Å². The molecule has 0 aromatic heterocycles. The van der Waals surface area contributed by atoms with E-state index >= 15 is 0 Å². The van der Waals surface area contributed by atoms with Gasteiger partial charge in [-0.2, -0.15) is 0 Å². The van der Waals surface area contributed by atoms with Gasteiger partial charge < -0.3 is 0 Å². The van der Waals surface area contributed by atoms with Crippen molar-refractivity contribution in [1.29, 1.82) is 0 Å². The van der Waals surface area contributed by atoms with Gasteiger partial charge in [0, 0.05) is 4.47 Å². The zero-order valence-electron chi connectivity index (χ0n) is 9.50. The lowest BCUT2D eigenvalue weighted by Gasteiger charge is -2.30. The van der Waals surface area contributed by atoms with Crippen LogP contribution in [0.25, 0.3) is 10.8 Å². The third-order valence-electron chi connectivity index (χ3n) is 3.77. The number of benzene rings is 2. The summed E-state index contributed by atoms with van der Waals surface area (Å²) >= 11 is 10.2. The van der Waals surface area contributed by atoms with Crippen molar-refractivity contribution in [3.05, 3.63) is 46.4 Å². The molecule has 1 fully saturated rings. The smallest absolute Gasteiger partial charge is 0.0619 e. The van der Waals surface area contributed by atoms with Gasteiger partial charge in [0.15, 0.2) is 0 Å². The second-order valence-electron chi connectivity index (χ2n) is 4.77. The van der Waals surface area contributed by atoms with Gasteiger partial charge >= 0.3 is 0 Å². The summed E-state index contributed by atoms with van der Waals surface area (Å²) in [4.78, 5) is 0. The molecule has 17 heavy (non-hydrogen) atoms. The maximum Gasteiger partial charge on any atom is 0.0619 e. The largest absolute Gasteiger partial charge is 0.117 e. The van der Waals surface area contributed by atoms with Crippen molar-refractivity contribution in [3.63, 3.8) is 0 Å². The summed E-state index contributed by atoms with van der Waals surface area (Å²) in [5.41, 5.74) is 1.29. The van der Waals surface area contributed by atoms with Gasteiger partial charge in [0.05, 0.1) is 5.38 Å². The van der Waals surface area contributed by atoms with Crippen molar-refractivity contribution < 1.29 is 0 Å². The van der Waals surface area contributed by atoms with Crippen molar-refractivity contribution in [3.8, 4) is 0 Å². The zero-order valence-corrected chi connectivity index (χ0v) is 11.8. The van der Waals surface area contributed by atoms with Crippen LogP contribution in [-0.4, -0.2) is 0 Å². The number of halogens is 2. The normalized spacial score (nSPS) is 18.0. The van der Waals surface area contributed by atoms with Crippen LogP contribution in [0.3, 0.4) is 0 Å². The minimum absolute atomic E-state index is 0.168. The molecule has 2 heteroatoms. The molecule has 3 rings (SSSR count). The van der Waals surface area contributed by atoms with Gasteiger partial charge in [0.2, 0.25) is 0 Å². The molecule has 0 nitrogen and oxygen atoms in total. The first-order valence-electron chi connectivity index (χ1n) is 6.08. The van der Waals surface area contributed by atoms with Crippen LogP contribution in [0, 0.1) is 5.92 Å². The van der Waals surface area contributed by atoms with Gasteiger partial charge in [-0.1, -0.05) is 52.7 Å². The van der Waals surface area contributed by atoms with Crippen LogP contribution in [0.4, 0.5) is 0 Å². The first-order chi connectivity index (χ1) is 8.27. The van der Waals surface area contributed by atoms with E-state index in [1.165, 1.54) is 35.6 Å². The Kier molecular flexibility index (Phi) is 3.14. The third kappa shape index (κ3) is 2.00. The zero-order chi connectivity index (χ0) is 11.8. The van der Waals surface area contributed by atoms with E-state index in [4.69, 9.17) is 11.6 Å². The first kappa shape index (κ1) is 11.6. The van der Waals surface area contributed by atoms with Crippen LogP contribution in [0.5, 0.6) is 0 Å². The SMILES string of the molecule is ClC(c1ccc(Br)c2ccccc12)C1CCC1. The highest BCUT2D eigenvalue weighted by Crippen LogP contribution is 2.44. The minimum atomic E-state index is 0.168. The summed E-state index contributed by atoms with van der Waals surface area (Å²) < 4.78 is 1.15. The molecule has 2 aromatic rings. The lowest BCUT2D eigenvalue weighted by molar-refractivity contribution is 0.306. The monoisotopic (exact) mass is 308 g/mol. The second-order valence-corrected chi connectivity index (χ2v) is 6.10. The number of hydrogen-bond donors (Lipinski definition) is 0. The molecule has 0 spiro atoms. The minimum Gasteiger partial charge on any atom is -0.117 e. The van der Waals surface area contributed by atoms with Crippen molar-refractivity contribution in [2.45, 2.75) is 24.6 Å². The molecule has 2 aromatic carbocycles. The Morgan fingerprint density at radius 3 is 2.41 bits per heavy atom. The lowest BCUT2D eigenvalue weighted by Crippen LogP contribution is -2.16. The molecule has 0 saturated heterocycles. The molecule has 0 radical (unpaired) electrons. The average molecular weight is 310 g/mol. The fourth-order valence-corrected chi connectivity index (χ4v) is 3.43. The molecular formula is C15H14BrCl. The summed E-state index contributed by atoms with van der Waals surface area (Å²) in [5, 5.41) is 2.71. The standard InChI is InChI=1S/C15H14BrCl/c16-14-9-8-13(15(17)10-4-3-5-10)11-6-1-2-7-12(11)14/h1-2,6-10,15H,3-5H2. The van der Waals surface area contributed by atoms with Gasteiger partial charge in [0.1, 0.15) is 0 Å². The Hall–Kier alpha value is -0.530. The van der Waals surface area contributed by atoms with E-state index in [1.807, 2.05) is 0 Å². The molecule has 1 aliphatic rings. The van der Waals surface area contributed by atoms with Crippen molar-refractivity contribution in [1.82, 2.24) is 0 Å². The third-order valence-corrected chi connectivity index (χ3v) is 5.05. The van der Waals surface area contributed by atoms with Crippen LogP contribution in [0.15, 0.2) is 40.9 Å². The Morgan fingerprint density at radius 1 is 1.06 bits per heavy atom. The number of hydrogen-bond acceptors (Lipinski definition) is 0. The van der Waals surface area contributed by atoms with Crippen LogP contribution in [0.1, 0.15) is 30.2 Å². The fourth-order valence-electron chi connectivity index (χ4n) is 2.51. The highest BCUT2D eigenvalue weighted by Gasteiger charge is 2.27. The van der Waals surface area contributed by atoms with E-state index in [9.17, 15) is 0 Å². The number of alkyl halides is 1. The van der Waals surface area contributed by atoms with Gasteiger partial charge in [-0.15, -0.1) is 11.6 Å².